The Kier molecular flexibility index (Phi) is 9.98. The quantitative estimate of drug-likeness (QED) is 0.337. The van der Waals surface area contributed by atoms with Gasteiger partial charge in [-0.15, -0.1) is 0 Å². The summed E-state index contributed by atoms with van der Waals surface area (Å²) in [6, 6.07) is 16.7. The van der Waals surface area contributed by atoms with Crippen molar-refractivity contribution in [1.82, 2.24) is 0 Å². The van der Waals surface area contributed by atoms with Crippen molar-refractivity contribution in [3.63, 3.8) is 0 Å². The SMILES string of the molecule is CC(C)CCCCc1ccc(S(=O)c2ccc(CCCCC(C)C)cc2)cc1. The van der Waals surface area contributed by atoms with E-state index < -0.39 is 10.8 Å². The van der Waals surface area contributed by atoms with Crippen LogP contribution in [-0.4, -0.2) is 4.21 Å². The van der Waals surface area contributed by atoms with Gasteiger partial charge in [-0.25, -0.2) is 4.21 Å². The Morgan fingerprint density at radius 1 is 0.607 bits per heavy atom. The predicted octanol–water partition coefficient (Wildman–Crippen LogP) is 7.59. The van der Waals surface area contributed by atoms with Crippen molar-refractivity contribution in [2.75, 3.05) is 0 Å². The van der Waals surface area contributed by atoms with Crippen LogP contribution in [0, 0.1) is 11.8 Å². The van der Waals surface area contributed by atoms with E-state index in [1.54, 1.807) is 0 Å². The van der Waals surface area contributed by atoms with E-state index in [2.05, 4.69) is 52.0 Å². The highest BCUT2D eigenvalue weighted by Gasteiger charge is 2.07. The summed E-state index contributed by atoms with van der Waals surface area (Å²) in [5.74, 6) is 1.58. The van der Waals surface area contributed by atoms with Gasteiger partial charge in [0.1, 0.15) is 0 Å². The third-order valence-electron chi connectivity index (χ3n) is 5.27. The minimum atomic E-state index is -1.09. The maximum absolute atomic E-state index is 12.9. The Morgan fingerprint density at radius 2 is 0.964 bits per heavy atom. The van der Waals surface area contributed by atoms with Crippen LogP contribution in [0.15, 0.2) is 58.3 Å². The molecule has 0 bridgehead atoms. The standard InChI is InChI=1S/C26H38OS/c1-21(2)9-5-7-11-23-13-17-25(18-14-23)28(27)26-19-15-24(16-20-26)12-8-6-10-22(3)4/h13-22H,5-12H2,1-4H3. The molecule has 28 heavy (non-hydrogen) atoms. The molecule has 0 N–H and O–H groups in total. The van der Waals surface area contributed by atoms with Gasteiger partial charge in [0.05, 0.1) is 10.8 Å². The van der Waals surface area contributed by atoms with E-state index in [9.17, 15) is 4.21 Å². The van der Waals surface area contributed by atoms with Gasteiger partial charge in [-0.05, 0) is 72.9 Å². The lowest BCUT2D eigenvalue weighted by atomic mass is 10.0. The molecule has 0 amide bonds. The van der Waals surface area contributed by atoms with E-state index in [1.165, 1.54) is 49.7 Å². The molecular weight excluding hydrogens is 360 g/mol. The van der Waals surface area contributed by atoms with Gasteiger partial charge in [0.2, 0.25) is 0 Å². The molecule has 0 heterocycles. The molecule has 0 radical (unpaired) electrons. The minimum Gasteiger partial charge on any atom is -0.249 e. The molecule has 1 nitrogen and oxygen atoms in total. The molecule has 2 aromatic carbocycles. The fraction of sp³-hybridized carbons (Fsp3) is 0.538. The zero-order chi connectivity index (χ0) is 20.4. The largest absolute Gasteiger partial charge is 0.249 e. The molecule has 0 aliphatic carbocycles. The first-order valence-corrected chi connectivity index (χ1v) is 12.2. The van der Waals surface area contributed by atoms with Crippen LogP contribution < -0.4 is 0 Å². The van der Waals surface area contributed by atoms with Gasteiger partial charge < -0.3 is 0 Å². The summed E-state index contributed by atoms with van der Waals surface area (Å²) in [5, 5.41) is 0. The highest BCUT2D eigenvalue weighted by Crippen LogP contribution is 2.20. The number of benzene rings is 2. The lowest BCUT2D eigenvalue weighted by Gasteiger charge is -2.08. The minimum absolute atomic E-state index is 0.788. The summed E-state index contributed by atoms with van der Waals surface area (Å²) in [5.41, 5.74) is 2.70. The van der Waals surface area contributed by atoms with E-state index in [0.717, 1.165) is 34.5 Å². The number of hydrogen-bond donors (Lipinski definition) is 0. The van der Waals surface area contributed by atoms with Gasteiger partial charge in [0, 0.05) is 9.79 Å². The van der Waals surface area contributed by atoms with E-state index in [4.69, 9.17) is 0 Å². The smallest absolute Gasteiger partial charge is 0.0849 e. The van der Waals surface area contributed by atoms with Gasteiger partial charge >= 0.3 is 0 Å². The molecule has 0 saturated carbocycles. The normalized spacial score (nSPS) is 11.7. The maximum atomic E-state index is 12.9. The van der Waals surface area contributed by atoms with Crippen LogP contribution in [0.25, 0.3) is 0 Å². The lowest BCUT2D eigenvalue weighted by Crippen LogP contribution is -1.95. The lowest BCUT2D eigenvalue weighted by molar-refractivity contribution is 0.538. The monoisotopic (exact) mass is 398 g/mol. The number of aryl methyl sites for hydroxylation is 2. The Morgan fingerprint density at radius 3 is 1.29 bits per heavy atom. The molecule has 2 aromatic rings. The number of hydrogen-bond acceptors (Lipinski definition) is 1. The second-order valence-electron chi connectivity index (χ2n) is 8.84. The molecule has 2 heteroatoms. The van der Waals surface area contributed by atoms with Gasteiger partial charge in [-0.3, -0.25) is 0 Å². The van der Waals surface area contributed by atoms with Crippen molar-refractivity contribution in [2.24, 2.45) is 11.8 Å². The summed E-state index contributed by atoms with van der Waals surface area (Å²) < 4.78 is 12.9. The van der Waals surface area contributed by atoms with Crippen LogP contribution in [0.3, 0.4) is 0 Å². The Labute approximate surface area is 175 Å². The number of unbranched alkanes of at least 4 members (excludes halogenated alkanes) is 2. The zero-order valence-electron chi connectivity index (χ0n) is 18.2. The van der Waals surface area contributed by atoms with Crippen LogP contribution >= 0.6 is 0 Å². The van der Waals surface area contributed by atoms with Crippen LogP contribution in [-0.2, 0) is 23.6 Å². The first-order chi connectivity index (χ1) is 13.5. The molecule has 0 fully saturated rings. The van der Waals surface area contributed by atoms with Crippen molar-refractivity contribution in [3.05, 3.63) is 59.7 Å². The highest BCUT2D eigenvalue weighted by atomic mass is 32.2. The first-order valence-electron chi connectivity index (χ1n) is 11.1. The van der Waals surface area contributed by atoms with Crippen LogP contribution in [0.5, 0.6) is 0 Å². The van der Waals surface area contributed by atoms with Crippen LogP contribution in [0.1, 0.15) is 77.3 Å². The van der Waals surface area contributed by atoms with Gasteiger partial charge in [-0.1, -0.05) is 77.6 Å². The highest BCUT2D eigenvalue weighted by molar-refractivity contribution is 7.85. The number of rotatable bonds is 12. The van der Waals surface area contributed by atoms with E-state index >= 15 is 0 Å². The maximum Gasteiger partial charge on any atom is 0.0849 e. The van der Waals surface area contributed by atoms with E-state index in [1.807, 2.05) is 24.3 Å². The summed E-state index contributed by atoms with van der Waals surface area (Å²) in [6.45, 7) is 9.13. The van der Waals surface area contributed by atoms with Gasteiger partial charge in [-0.2, -0.15) is 0 Å². The predicted molar refractivity (Wildman–Crippen MR) is 122 cm³/mol. The summed E-state index contributed by atoms with van der Waals surface area (Å²) in [4.78, 5) is 1.80. The molecule has 154 valence electrons. The topological polar surface area (TPSA) is 17.1 Å². The third kappa shape index (κ3) is 8.31. The molecule has 2 rings (SSSR count). The summed E-state index contributed by atoms with van der Waals surface area (Å²) in [7, 11) is -1.09. The first kappa shape index (κ1) is 22.9. The van der Waals surface area contributed by atoms with Gasteiger partial charge in [0.25, 0.3) is 0 Å². The molecular formula is C26H38OS. The van der Waals surface area contributed by atoms with Crippen molar-refractivity contribution < 1.29 is 4.21 Å². The molecule has 0 spiro atoms. The second-order valence-corrected chi connectivity index (χ2v) is 10.3. The molecule has 0 aromatic heterocycles. The summed E-state index contributed by atoms with van der Waals surface area (Å²) >= 11 is 0. The van der Waals surface area contributed by atoms with Crippen LogP contribution in [0.4, 0.5) is 0 Å². The Bertz CT molecular complexity index is 637. The second kappa shape index (κ2) is 12.2. The Balaban J connectivity index is 1.84. The fourth-order valence-corrected chi connectivity index (χ4v) is 4.50. The molecule has 0 saturated heterocycles. The third-order valence-corrected chi connectivity index (χ3v) is 6.67. The van der Waals surface area contributed by atoms with E-state index in [0.29, 0.717) is 0 Å². The molecule has 0 atom stereocenters. The van der Waals surface area contributed by atoms with Gasteiger partial charge in [0.15, 0.2) is 0 Å². The zero-order valence-corrected chi connectivity index (χ0v) is 19.1. The molecule has 0 unspecified atom stereocenters. The fourth-order valence-electron chi connectivity index (χ4n) is 3.46. The van der Waals surface area contributed by atoms with Crippen molar-refractivity contribution >= 4 is 10.8 Å². The summed E-state index contributed by atoms with van der Waals surface area (Å²) in [6.07, 6.45) is 9.88. The van der Waals surface area contributed by atoms with Crippen molar-refractivity contribution in [1.29, 1.82) is 0 Å². The Hall–Kier alpha value is -1.41. The average Bonchev–Trinajstić information content (AvgIpc) is 2.69. The van der Waals surface area contributed by atoms with Crippen LogP contribution in [0.2, 0.25) is 0 Å². The van der Waals surface area contributed by atoms with Crippen molar-refractivity contribution in [2.45, 2.75) is 88.9 Å². The molecule has 0 aliphatic heterocycles. The molecule has 0 aliphatic rings. The average molecular weight is 399 g/mol. The van der Waals surface area contributed by atoms with E-state index in [-0.39, 0.29) is 0 Å². The van der Waals surface area contributed by atoms with Crippen molar-refractivity contribution in [3.8, 4) is 0 Å².